The molecule has 2 aromatic heterocycles. The van der Waals surface area contributed by atoms with Crippen molar-refractivity contribution in [2.24, 2.45) is 0 Å². The number of nitrogens with zero attached hydrogens (tertiary/aromatic N) is 2. The second-order valence-electron chi connectivity index (χ2n) is 5.34. The standard InChI is InChI=1S/C17H12N2O4S2/c20-15-14(10-11-4-3-9-24-11)25-17(22)19(15)8-7-18-12-5-1-2-6-13(12)23-16(18)21/h1-6,9-10H,7-8H2/b14-10-. The fraction of sp³-hybridized carbons (Fsp3) is 0.118. The summed E-state index contributed by atoms with van der Waals surface area (Å²) in [6.45, 7) is 0.316. The van der Waals surface area contributed by atoms with Crippen LogP contribution in [0.25, 0.3) is 17.2 Å². The van der Waals surface area contributed by atoms with Crippen LogP contribution in [0.4, 0.5) is 4.79 Å². The molecule has 0 N–H and O–H groups in total. The number of imide groups is 1. The third-order valence-corrected chi connectivity index (χ3v) is 5.54. The summed E-state index contributed by atoms with van der Waals surface area (Å²) in [4.78, 5) is 39.1. The minimum atomic E-state index is -0.498. The van der Waals surface area contributed by atoms with Crippen molar-refractivity contribution in [3.63, 3.8) is 0 Å². The lowest BCUT2D eigenvalue weighted by Crippen LogP contribution is -2.33. The van der Waals surface area contributed by atoms with Crippen LogP contribution in [0, 0.1) is 0 Å². The molecule has 0 bridgehead atoms. The van der Waals surface area contributed by atoms with Gasteiger partial charge in [0.15, 0.2) is 5.58 Å². The molecule has 0 radical (unpaired) electrons. The largest absolute Gasteiger partial charge is 0.420 e. The van der Waals surface area contributed by atoms with Gasteiger partial charge < -0.3 is 4.42 Å². The van der Waals surface area contributed by atoms with Gasteiger partial charge in [-0.25, -0.2) is 4.79 Å². The fourth-order valence-electron chi connectivity index (χ4n) is 2.62. The number of carbonyl (C=O) groups excluding carboxylic acids is 2. The normalized spacial score (nSPS) is 16.5. The molecule has 126 valence electrons. The zero-order valence-electron chi connectivity index (χ0n) is 12.9. The maximum Gasteiger partial charge on any atom is 0.420 e. The van der Waals surface area contributed by atoms with Crippen LogP contribution >= 0.6 is 23.1 Å². The van der Waals surface area contributed by atoms with Crippen LogP contribution < -0.4 is 5.76 Å². The van der Waals surface area contributed by atoms with E-state index < -0.39 is 5.76 Å². The molecule has 3 aromatic rings. The summed E-state index contributed by atoms with van der Waals surface area (Å²) < 4.78 is 6.60. The van der Waals surface area contributed by atoms with Gasteiger partial charge in [0, 0.05) is 18.0 Å². The molecule has 1 aliphatic heterocycles. The molecule has 25 heavy (non-hydrogen) atoms. The minimum absolute atomic E-state index is 0.121. The maximum absolute atomic E-state index is 12.5. The van der Waals surface area contributed by atoms with Crippen LogP contribution in [0.2, 0.25) is 0 Å². The van der Waals surface area contributed by atoms with Gasteiger partial charge in [0.25, 0.3) is 11.1 Å². The molecular formula is C17H12N2O4S2. The summed E-state index contributed by atoms with van der Waals surface area (Å²) in [7, 11) is 0. The number of para-hydroxylation sites is 2. The Morgan fingerprint density at radius 2 is 1.88 bits per heavy atom. The van der Waals surface area contributed by atoms with E-state index in [2.05, 4.69) is 0 Å². The van der Waals surface area contributed by atoms with Gasteiger partial charge in [-0.15, -0.1) is 11.3 Å². The highest BCUT2D eigenvalue weighted by atomic mass is 32.2. The lowest BCUT2D eigenvalue weighted by atomic mass is 10.3. The first-order valence-corrected chi connectivity index (χ1v) is 9.20. The first-order chi connectivity index (χ1) is 12.1. The van der Waals surface area contributed by atoms with Crippen LogP contribution in [0.3, 0.4) is 0 Å². The molecule has 1 aliphatic rings. The third kappa shape index (κ3) is 2.94. The van der Waals surface area contributed by atoms with Crippen LogP contribution in [0.1, 0.15) is 4.88 Å². The second kappa shape index (κ2) is 6.38. The van der Waals surface area contributed by atoms with Gasteiger partial charge in [-0.1, -0.05) is 18.2 Å². The number of hydrogen-bond donors (Lipinski definition) is 0. The maximum atomic E-state index is 12.5. The average Bonchev–Trinajstić information content (AvgIpc) is 3.27. The lowest BCUT2D eigenvalue weighted by Gasteiger charge is -2.12. The van der Waals surface area contributed by atoms with E-state index in [1.807, 2.05) is 17.5 Å². The Kier molecular flexibility index (Phi) is 4.06. The van der Waals surface area contributed by atoms with Gasteiger partial charge in [0.1, 0.15) is 0 Å². The molecule has 0 saturated carbocycles. The zero-order chi connectivity index (χ0) is 17.4. The fourth-order valence-corrected chi connectivity index (χ4v) is 4.21. The Hall–Kier alpha value is -2.58. The van der Waals surface area contributed by atoms with Gasteiger partial charge in [-0.05, 0) is 41.4 Å². The summed E-state index contributed by atoms with van der Waals surface area (Å²) in [5, 5.41) is 1.58. The van der Waals surface area contributed by atoms with E-state index in [4.69, 9.17) is 4.42 Å². The zero-order valence-corrected chi connectivity index (χ0v) is 14.5. The number of fused-ring (bicyclic) bond motifs is 1. The monoisotopic (exact) mass is 372 g/mol. The number of hydrogen-bond acceptors (Lipinski definition) is 6. The van der Waals surface area contributed by atoms with Crippen LogP contribution in [0.15, 0.2) is 55.9 Å². The summed E-state index contributed by atoms with van der Waals surface area (Å²) in [6.07, 6.45) is 1.72. The molecule has 3 heterocycles. The molecule has 0 aliphatic carbocycles. The van der Waals surface area contributed by atoms with E-state index in [1.54, 1.807) is 30.3 Å². The van der Waals surface area contributed by atoms with Crippen LogP contribution in [-0.2, 0) is 11.3 Å². The molecule has 0 atom stereocenters. The highest BCUT2D eigenvalue weighted by Gasteiger charge is 2.35. The molecule has 1 saturated heterocycles. The molecule has 0 spiro atoms. The number of aromatic nitrogens is 1. The second-order valence-corrected chi connectivity index (χ2v) is 7.31. The number of carbonyl (C=O) groups is 2. The smallest absolute Gasteiger partial charge is 0.408 e. The predicted octanol–water partition coefficient (Wildman–Crippen LogP) is 3.39. The van der Waals surface area contributed by atoms with Crippen molar-refractivity contribution in [1.29, 1.82) is 0 Å². The topological polar surface area (TPSA) is 72.5 Å². The first kappa shape index (κ1) is 15.9. The van der Waals surface area contributed by atoms with Gasteiger partial charge in [-0.2, -0.15) is 0 Å². The van der Waals surface area contributed by atoms with Crippen molar-refractivity contribution in [3.8, 4) is 0 Å². The summed E-state index contributed by atoms with van der Waals surface area (Å²) in [5.74, 6) is -0.827. The van der Waals surface area contributed by atoms with Gasteiger partial charge in [-0.3, -0.25) is 19.1 Å². The summed E-state index contributed by atoms with van der Waals surface area (Å²) in [5.41, 5.74) is 1.13. The van der Waals surface area contributed by atoms with E-state index in [-0.39, 0.29) is 24.2 Å². The lowest BCUT2D eigenvalue weighted by molar-refractivity contribution is -0.122. The Labute approximate surface area is 150 Å². The predicted molar refractivity (Wildman–Crippen MR) is 97.5 cm³/mol. The summed E-state index contributed by atoms with van der Waals surface area (Å²) in [6, 6.07) is 10.8. The number of amides is 2. The Bertz CT molecular complexity index is 1050. The minimum Gasteiger partial charge on any atom is -0.408 e. The van der Waals surface area contributed by atoms with Crippen LogP contribution in [-0.4, -0.2) is 27.2 Å². The van der Waals surface area contributed by atoms with Crippen molar-refractivity contribution >= 4 is 51.4 Å². The van der Waals surface area contributed by atoms with Gasteiger partial charge >= 0.3 is 5.76 Å². The molecule has 4 rings (SSSR count). The van der Waals surface area contributed by atoms with Crippen molar-refractivity contribution in [3.05, 3.63) is 62.1 Å². The summed E-state index contributed by atoms with van der Waals surface area (Å²) >= 11 is 2.42. The first-order valence-electron chi connectivity index (χ1n) is 7.51. The highest BCUT2D eigenvalue weighted by Crippen LogP contribution is 2.32. The molecular weight excluding hydrogens is 360 g/mol. The van der Waals surface area contributed by atoms with Crippen LogP contribution in [0.5, 0.6) is 0 Å². The molecule has 1 aromatic carbocycles. The van der Waals surface area contributed by atoms with Crippen molar-refractivity contribution in [1.82, 2.24) is 9.47 Å². The molecule has 1 fully saturated rings. The molecule has 0 unspecified atom stereocenters. The quantitative estimate of drug-likeness (QED) is 0.657. The number of oxazole rings is 1. The van der Waals surface area contributed by atoms with E-state index >= 15 is 0 Å². The Morgan fingerprint density at radius 1 is 1.04 bits per heavy atom. The average molecular weight is 372 g/mol. The van der Waals surface area contributed by atoms with E-state index in [9.17, 15) is 14.4 Å². The van der Waals surface area contributed by atoms with E-state index in [1.165, 1.54) is 20.8 Å². The SMILES string of the molecule is O=C1S/C(=C\c2cccs2)C(=O)N1CCn1c(=O)oc2ccccc21. The number of thiophene rings is 1. The molecule has 8 heteroatoms. The molecule has 6 nitrogen and oxygen atoms in total. The van der Waals surface area contributed by atoms with Gasteiger partial charge in [0.2, 0.25) is 0 Å². The van der Waals surface area contributed by atoms with Crippen molar-refractivity contribution in [2.75, 3.05) is 6.54 Å². The Balaban J connectivity index is 1.55. The van der Waals surface area contributed by atoms with E-state index in [0.29, 0.717) is 16.0 Å². The van der Waals surface area contributed by atoms with Gasteiger partial charge in [0.05, 0.1) is 10.4 Å². The highest BCUT2D eigenvalue weighted by molar-refractivity contribution is 8.18. The van der Waals surface area contributed by atoms with Crippen molar-refractivity contribution < 1.29 is 14.0 Å². The Morgan fingerprint density at radius 3 is 2.68 bits per heavy atom. The van der Waals surface area contributed by atoms with Crippen molar-refractivity contribution in [2.45, 2.75) is 6.54 Å². The third-order valence-electron chi connectivity index (χ3n) is 3.81. The number of benzene rings is 1. The van der Waals surface area contributed by atoms with E-state index in [0.717, 1.165) is 16.6 Å². The molecule has 2 amide bonds. The number of rotatable bonds is 4. The number of thioether (sulfide) groups is 1.